The predicted molar refractivity (Wildman–Crippen MR) is 83.3 cm³/mol. The number of aliphatic carboxylic acids is 1. The molecule has 0 aromatic heterocycles. The molecule has 22 heavy (non-hydrogen) atoms. The second-order valence-corrected chi connectivity index (χ2v) is 5.26. The molecule has 0 unspecified atom stereocenters. The predicted octanol–water partition coefficient (Wildman–Crippen LogP) is 2.18. The molecule has 0 bridgehead atoms. The van der Waals surface area contributed by atoms with E-state index in [1.54, 1.807) is 11.0 Å². The first-order chi connectivity index (χ1) is 10.7. The van der Waals surface area contributed by atoms with Crippen molar-refractivity contribution in [3.8, 4) is 0 Å². The summed E-state index contributed by atoms with van der Waals surface area (Å²) in [5.74, 6) is -1.03. The van der Waals surface area contributed by atoms with Gasteiger partial charge in [0.2, 0.25) is 5.91 Å². The summed E-state index contributed by atoms with van der Waals surface area (Å²) in [4.78, 5) is 24.9. The fourth-order valence-electron chi connectivity index (χ4n) is 2.51. The molecule has 0 spiro atoms. The summed E-state index contributed by atoms with van der Waals surface area (Å²) >= 11 is 0. The molecule has 1 saturated heterocycles. The van der Waals surface area contributed by atoms with Gasteiger partial charge >= 0.3 is 5.97 Å². The number of benzene rings is 1. The standard InChI is InChI=1S/C17H21NO4/c19-16(7-6-14-4-2-1-3-5-14)18(11-8-17(20)21)15-9-12-22-13-10-15/h1-7,15H,8-13H2,(H,20,21)/b7-6+. The Labute approximate surface area is 130 Å². The SMILES string of the molecule is O=C(O)CCN(C(=O)/C=C/c1ccccc1)C1CCOCC1. The highest BCUT2D eigenvalue weighted by molar-refractivity contribution is 5.92. The quantitative estimate of drug-likeness (QED) is 0.818. The van der Waals surface area contributed by atoms with Gasteiger partial charge in [0.1, 0.15) is 0 Å². The molecule has 2 rings (SSSR count). The molecule has 1 fully saturated rings. The number of ether oxygens (including phenoxy) is 1. The van der Waals surface area contributed by atoms with Crippen LogP contribution in [0.2, 0.25) is 0 Å². The van der Waals surface area contributed by atoms with E-state index in [0.717, 1.165) is 18.4 Å². The van der Waals surface area contributed by atoms with Gasteiger partial charge in [-0.15, -0.1) is 0 Å². The Morgan fingerprint density at radius 3 is 2.55 bits per heavy atom. The summed E-state index contributed by atoms with van der Waals surface area (Å²) in [5, 5.41) is 8.87. The minimum atomic E-state index is -0.892. The van der Waals surface area contributed by atoms with Crippen molar-refractivity contribution in [2.24, 2.45) is 0 Å². The van der Waals surface area contributed by atoms with Crippen molar-refractivity contribution in [2.75, 3.05) is 19.8 Å². The molecular weight excluding hydrogens is 282 g/mol. The maximum absolute atomic E-state index is 12.4. The van der Waals surface area contributed by atoms with Crippen LogP contribution in [0.15, 0.2) is 36.4 Å². The van der Waals surface area contributed by atoms with E-state index < -0.39 is 5.97 Å². The fourth-order valence-corrected chi connectivity index (χ4v) is 2.51. The van der Waals surface area contributed by atoms with Gasteiger partial charge in [-0.05, 0) is 24.5 Å². The van der Waals surface area contributed by atoms with Crippen LogP contribution in [0.1, 0.15) is 24.8 Å². The largest absolute Gasteiger partial charge is 0.481 e. The van der Waals surface area contributed by atoms with Crippen molar-refractivity contribution in [3.63, 3.8) is 0 Å². The van der Waals surface area contributed by atoms with E-state index in [1.807, 2.05) is 30.3 Å². The van der Waals surface area contributed by atoms with Crippen LogP contribution in [-0.2, 0) is 14.3 Å². The highest BCUT2D eigenvalue weighted by Gasteiger charge is 2.24. The van der Waals surface area contributed by atoms with Crippen LogP contribution >= 0.6 is 0 Å². The molecule has 0 aliphatic carbocycles. The maximum Gasteiger partial charge on any atom is 0.305 e. The van der Waals surface area contributed by atoms with Crippen molar-refractivity contribution >= 4 is 18.0 Å². The molecule has 118 valence electrons. The molecule has 0 saturated carbocycles. The molecule has 0 atom stereocenters. The molecule has 1 aromatic carbocycles. The van der Waals surface area contributed by atoms with E-state index in [4.69, 9.17) is 9.84 Å². The van der Waals surface area contributed by atoms with E-state index in [0.29, 0.717) is 13.2 Å². The first kappa shape index (κ1) is 16.2. The van der Waals surface area contributed by atoms with Gasteiger partial charge in [0.25, 0.3) is 0 Å². The highest BCUT2D eigenvalue weighted by atomic mass is 16.5. The molecule has 5 nitrogen and oxygen atoms in total. The van der Waals surface area contributed by atoms with Crippen molar-refractivity contribution in [3.05, 3.63) is 42.0 Å². The number of carboxylic acids is 1. The lowest BCUT2D eigenvalue weighted by Crippen LogP contribution is -2.43. The summed E-state index contributed by atoms with van der Waals surface area (Å²) in [6, 6.07) is 9.62. The maximum atomic E-state index is 12.4. The lowest BCUT2D eigenvalue weighted by Gasteiger charge is -2.33. The average Bonchev–Trinajstić information content (AvgIpc) is 2.55. The Bertz CT molecular complexity index is 521. The van der Waals surface area contributed by atoms with E-state index in [1.165, 1.54) is 6.08 Å². The number of carbonyl (C=O) groups excluding carboxylic acids is 1. The van der Waals surface area contributed by atoms with Gasteiger partial charge < -0.3 is 14.7 Å². The zero-order valence-electron chi connectivity index (χ0n) is 12.5. The van der Waals surface area contributed by atoms with E-state index in [2.05, 4.69) is 0 Å². The average molecular weight is 303 g/mol. The molecular formula is C17H21NO4. The molecule has 1 aromatic rings. The summed E-state index contributed by atoms with van der Waals surface area (Å²) in [5.41, 5.74) is 0.945. The van der Waals surface area contributed by atoms with Crippen LogP contribution in [-0.4, -0.2) is 47.7 Å². The van der Waals surface area contributed by atoms with Crippen LogP contribution in [0.3, 0.4) is 0 Å². The van der Waals surface area contributed by atoms with Gasteiger partial charge in [0, 0.05) is 31.9 Å². The zero-order chi connectivity index (χ0) is 15.8. The Hall–Kier alpha value is -2.14. The van der Waals surface area contributed by atoms with Crippen LogP contribution < -0.4 is 0 Å². The first-order valence-corrected chi connectivity index (χ1v) is 7.50. The first-order valence-electron chi connectivity index (χ1n) is 7.50. The molecule has 1 N–H and O–H groups in total. The van der Waals surface area contributed by atoms with Crippen LogP contribution in [0.4, 0.5) is 0 Å². The van der Waals surface area contributed by atoms with Crippen molar-refractivity contribution in [1.29, 1.82) is 0 Å². The third-order valence-electron chi connectivity index (χ3n) is 3.70. The number of nitrogens with zero attached hydrogens (tertiary/aromatic N) is 1. The van der Waals surface area contributed by atoms with Gasteiger partial charge in [-0.2, -0.15) is 0 Å². The van der Waals surface area contributed by atoms with Gasteiger partial charge in [-0.25, -0.2) is 0 Å². The summed E-state index contributed by atoms with van der Waals surface area (Å²) in [6.45, 7) is 1.46. The van der Waals surface area contributed by atoms with Crippen LogP contribution in [0.25, 0.3) is 6.08 Å². The number of amides is 1. The summed E-state index contributed by atoms with van der Waals surface area (Å²) in [6.07, 6.45) is 4.75. The molecule has 1 aliphatic rings. The number of carboxylic acid groups (broad SMARTS) is 1. The number of carbonyl (C=O) groups is 2. The Morgan fingerprint density at radius 2 is 1.91 bits per heavy atom. The smallest absolute Gasteiger partial charge is 0.305 e. The van der Waals surface area contributed by atoms with Crippen molar-refractivity contribution in [2.45, 2.75) is 25.3 Å². The molecule has 1 amide bonds. The Morgan fingerprint density at radius 1 is 1.23 bits per heavy atom. The molecule has 1 heterocycles. The highest BCUT2D eigenvalue weighted by Crippen LogP contribution is 2.16. The molecule has 0 radical (unpaired) electrons. The molecule has 1 aliphatic heterocycles. The second-order valence-electron chi connectivity index (χ2n) is 5.26. The van der Waals surface area contributed by atoms with E-state index in [9.17, 15) is 9.59 Å². The monoisotopic (exact) mass is 303 g/mol. The van der Waals surface area contributed by atoms with E-state index >= 15 is 0 Å². The van der Waals surface area contributed by atoms with Crippen LogP contribution in [0.5, 0.6) is 0 Å². The second kappa shape index (κ2) is 8.34. The molecule has 5 heteroatoms. The van der Waals surface area contributed by atoms with Crippen LogP contribution in [0, 0.1) is 0 Å². The third kappa shape index (κ3) is 5.00. The third-order valence-corrected chi connectivity index (χ3v) is 3.70. The number of rotatable bonds is 6. The van der Waals surface area contributed by atoms with Gasteiger partial charge in [0.15, 0.2) is 0 Å². The zero-order valence-corrected chi connectivity index (χ0v) is 12.5. The fraction of sp³-hybridized carbons (Fsp3) is 0.412. The topological polar surface area (TPSA) is 66.8 Å². The van der Waals surface area contributed by atoms with E-state index in [-0.39, 0.29) is 24.9 Å². The van der Waals surface area contributed by atoms with Gasteiger partial charge in [0.05, 0.1) is 6.42 Å². The summed E-state index contributed by atoms with van der Waals surface area (Å²) in [7, 11) is 0. The summed E-state index contributed by atoms with van der Waals surface area (Å²) < 4.78 is 5.31. The number of hydrogen-bond acceptors (Lipinski definition) is 3. The number of hydrogen-bond donors (Lipinski definition) is 1. The lowest BCUT2D eigenvalue weighted by molar-refractivity contribution is -0.138. The minimum absolute atomic E-state index is 0.0394. The van der Waals surface area contributed by atoms with Crippen molar-refractivity contribution < 1.29 is 19.4 Å². The van der Waals surface area contributed by atoms with Gasteiger partial charge in [-0.3, -0.25) is 9.59 Å². The minimum Gasteiger partial charge on any atom is -0.481 e. The lowest BCUT2D eigenvalue weighted by atomic mass is 10.1. The Balaban J connectivity index is 2.03. The Kier molecular flexibility index (Phi) is 6.15. The normalized spacial score (nSPS) is 15.8. The van der Waals surface area contributed by atoms with Gasteiger partial charge in [-0.1, -0.05) is 30.3 Å². The van der Waals surface area contributed by atoms with Crippen molar-refractivity contribution in [1.82, 2.24) is 4.90 Å².